The molecule has 0 bridgehead atoms. The molecule has 2 N–H and O–H groups in total. The van der Waals surface area contributed by atoms with Gasteiger partial charge in [-0.05, 0) is 72.0 Å². The standard InChI is InChI=1S/C28H22F3N7O2/c1-37-14-33-36-26(37)19-6-5-15(12-32)7-21(19)16-8-24(34-17-10-18(39)11-17)35-25(9-16)38-13-22-20(27(38)40)3-2-4-23(22)28(29,30)31/h2-9,14,17-18,39H,10-11,13H2,1H3,(H,34,35)/t17-,18-. The van der Waals surface area contributed by atoms with Gasteiger partial charge in [-0.25, -0.2) is 4.98 Å². The van der Waals surface area contributed by atoms with Crippen LogP contribution in [0, 0.1) is 11.3 Å². The molecule has 1 aliphatic carbocycles. The molecule has 40 heavy (non-hydrogen) atoms. The molecule has 2 aromatic carbocycles. The van der Waals surface area contributed by atoms with E-state index >= 15 is 0 Å². The Labute approximate surface area is 226 Å². The van der Waals surface area contributed by atoms with Crippen LogP contribution >= 0.6 is 0 Å². The third kappa shape index (κ3) is 4.44. The minimum Gasteiger partial charge on any atom is -0.393 e. The van der Waals surface area contributed by atoms with Gasteiger partial charge < -0.3 is 15.0 Å². The zero-order valence-electron chi connectivity index (χ0n) is 21.1. The molecule has 0 spiro atoms. The smallest absolute Gasteiger partial charge is 0.393 e. The highest BCUT2D eigenvalue weighted by Gasteiger charge is 2.40. The van der Waals surface area contributed by atoms with Gasteiger partial charge in [-0.2, -0.15) is 18.4 Å². The summed E-state index contributed by atoms with van der Waals surface area (Å²) >= 11 is 0. The number of anilines is 2. The van der Waals surface area contributed by atoms with Crippen LogP contribution in [0.4, 0.5) is 24.8 Å². The second kappa shape index (κ2) is 9.46. The monoisotopic (exact) mass is 545 g/mol. The fourth-order valence-corrected chi connectivity index (χ4v) is 5.16. The van der Waals surface area contributed by atoms with E-state index in [0.29, 0.717) is 46.7 Å². The van der Waals surface area contributed by atoms with Gasteiger partial charge in [0.25, 0.3) is 5.91 Å². The lowest BCUT2D eigenvalue weighted by Gasteiger charge is -2.32. The number of aliphatic hydroxyl groups excluding tert-OH is 1. The zero-order chi connectivity index (χ0) is 28.2. The fourth-order valence-electron chi connectivity index (χ4n) is 5.16. The molecule has 2 aliphatic rings. The number of rotatable bonds is 5. The molecular formula is C28H22F3N7O2. The summed E-state index contributed by atoms with van der Waals surface area (Å²) in [4.78, 5) is 19.2. The summed E-state index contributed by atoms with van der Waals surface area (Å²) in [5.74, 6) is 0.486. The second-order valence-electron chi connectivity index (χ2n) is 9.92. The minimum atomic E-state index is -4.61. The number of aryl methyl sites for hydroxylation is 1. The summed E-state index contributed by atoms with van der Waals surface area (Å²) in [6, 6.07) is 14.1. The number of nitriles is 1. The van der Waals surface area contributed by atoms with Crippen LogP contribution in [0.3, 0.4) is 0 Å². The van der Waals surface area contributed by atoms with Crippen molar-refractivity contribution in [1.82, 2.24) is 19.7 Å². The number of alkyl halides is 3. The van der Waals surface area contributed by atoms with E-state index in [-0.39, 0.29) is 29.5 Å². The number of benzene rings is 2. The number of aromatic nitrogens is 4. The lowest BCUT2D eigenvalue weighted by molar-refractivity contribution is -0.138. The highest BCUT2D eigenvalue weighted by atomic mass is 19.4. The van der Waals surface area contributed by atoms with Crippen LogP contribution in [0.15, 0.2) is 54.9 Å². The SMILES string of the molecule is Cn1cnnc1-c1ccc(C#N)cc1-c1cc(N[C@H]2C[C@H](O)C2)nc(N2Cc3c(cccc3C(F)(F)F)C2=O)c1. The third-order valence-electron chi connectivity index (χ3n) is 7.24. The van der Waals surface area contributed by atoms with E-state index < -0.39 is 23.8 Å². The summed E-state index contributed by atoms with van der Waals surface area (Å²) in [6.07, 6.45) is -2.47. The Morgan fingerprint density at radius 2 is 1.90 bits per heavy atom. The van der Waals surface area contributed by atoms with Gasteiger partial charge in [0.05, 0.1) is 29.8 Å². The van der Waals surface area contributed by atoms with Crippen LogP contribution in [0.5, 0.6) is 0 Å². The molecule has 202 valence electrons. The largest absolute Gasteiger partial charge is 0.416 e. The van der Waals surface area contributed by atoms with Gasteiger partial charge in [-0.3, -0.25) is 9.69 Å². The number of amides is 1. The van der Waals surface area contributed by atoms with E-state index in [0.717, 1.165) is 6.07 Å². The number of carbonyl (C=O) groups is 1. The molecule has 0 radical (unpaired) electrons. The lowest BCUT2D eigenvalue weighted by atomic mass is 9.89. The first-order valence-corrected chi connectivity index (χ1v) is 12.5. The summed E-state index contributed by atoms with van der Waals surface area (Å²) in [6.45, 7) is -0.295. The highest BCUT2D eigenvalue weighted by Crippen LogP contribution is 2.40. The summed E-state index contributed by atoms with van der Waals surface area (Å²) in [5, 5.41) is 30.8. The Hall–Kier alpha value is -4.76. The molecule has 6 rings (SSSR count). The van der Waals surface area contributed by atoms with Crippen molar-refractivity contribution < 1.29 is 23.1 Å². The fraction of sp³-hybridized carbons (Fsp3) is 0.250. The van der Waals surface area contributed by atoms with Crippen molar-refractivity contribution in [3.8, 4) is 28.6 Å². The van der Waals surface area contributed by atoms with Crippen molar-refractivity contribution in [3.63, 3.8) is 0 Å². The molecule has 3 heterocycles. The molecule has 1 aliphatic heterocycles. The van der Waals surface area contributed by atoms with E-state index in [1.165, 1.54) is 17.0 Å². The molecule has 1 saturated carbocycles. The van der Waals surface area contributed by atoms with Crippen LogP contribution < -0.4 is 10.2 Å². The number of hydrogen-bond donors (Lipinski definition) is 2. The number of fused-ring (bicyclic) bond motifs is 1. The molecule has 0 unspecified atom stereocenters. The van der Waals surface area contributed by atoms with Crippen LogP contribution in [0.2, 0.25) is 0 Å². The predicted molar refractivity (Wildman–Crippen MR) is 139 cm³/mol. The van der Waals surface area contributed by atoms with E-state index in [9.17, 15) is 28.3 Å². The zero-order valence-corrected chi connectivity index (χ0v) is 21.1. The van der Waals surface area contributed by atoms with E-state index in [4.69, 9.17) is 0 Å². The summed E-state index contributed by atoms with van der Waals surface area (Å²) in [5.41, 5.74) is 1.25. The average molecular weight is 546 g/mol. The lowest BCUT2D eigenvalue weighted by Crippen LogP contribution is -2.39. The molecule has 1 amide bonds. The first-order valence-electron chi connectivity index (χ1n) is 12.5. The minimum absolute atomic E-state index is 0.0232. The van der Waals surface area contributed by atoms with Crippen molar-refractivity contribution in [1.29, 1.82) is 5.26 Å². The van der Waals surface area contributed by atoms with Gasteiger partial charge in [-0.1, -0.05) is 6.07 Å². The van der Waals surface area contributed by atoms with Gasteiger partial charge in [0.1, 0.15) is 18.0 Å². The Morgan fingerprint density at radius 1 is 1.10 bits per heavy atom. The Kier molecular flexibility index (Phi) is 6.03. The molecular weight excluding hydrogens is 523 g/mol. The molecule has 12 heteroatoms. The van der Waals surface area contributed by atoms with Gasteiger partial charge >= 0.3 is 6.18 Å². The summed E-state index contributed by atoms with van der Waals surface area (Å²) in [7, 11) is 1.78. The topological polar surface area (TPSA) is 120 Å². The molecule has 2 aromatic heterocycles. The highest BCUT2D eigenvalue weighted by molar-refractivity contribution is 6.10. The maximum absolute atomic E-state index is 13.7. The van der Waals surface area contributed by atoms with Gasteiger partial charge in [0.2, 0.25) is 0 Å². The van der Waals surface area contributed by atoms with Gasteiger partial charge in [-0.15, -0.1) is 10.2 Å². The molecule has 0 saturated heterocycles. The number of hydrogen-bond acceptors (Lipinski definition) is 7. The maximum Gasteiger partial charge on any atom is 0.416 e. The van der Waals surface area contributed by atoms with Crippen molar-refractivity contribution in [3.05, 3.63) is 77.1 Å². The number of carbonyl (C=O) groups excluding carboxylic acids is 1. The summed E-state index contributed by atoms with van der Waals surface area (Å²) < 4.78 is 42.9. The Balaban J connectivity index is 1.49. The first kappa shape index (κ1) is 25.5. The molecule has 0 atom stereocenters. The van der Waals surface area contributed by atoms with E-state index in [1.807, 2.05) is 0 Å². The van der Waals surface area contributed by atoms with Crippen LogP contribution in [0.1, 0.15) is 39.9 Å². The predicted octanol–water partition coefficient (Wildman–Crippen LogP) is 4.53. The molecule has 1 fully saturated rings. The van der Waals surface area contributed by atoms with Crippen LogP contribution in [0.25, 0.3) is 22.5 Å². The van der Waals surface area contributed by atoms with Crippen molar-refractivity contribution in [2.75, 3.05) is 10.2 Å². The second-order valence-corrected chi connectivity index (χ2v) is 9.92. The normalized spacial score (nSPS) is 18.3. The average Bonchev–Trinajstić information content (AvgIpc) is 3.49. The number of nitrogens with zero attached hydrogens (tertiary/aromatic N) is 6. The van der Waals surface area contributed by atoms with Gasteiger partial charge in [0, 0.05) is 24.2 Å². The quantitative estimate of drug-likeness (QED) is 0.378. The van der Waals surface area contributed by atoms with E-state index in [1.54, 1.807) is 48.3 Å². The third-order valence-corrected chi connectivity index (χ3v) is 7.24. The first-order chi connectivity index (χ1) is 19.1. The van der Waals surface area contributed by atoms with Crippen molar-refractivity contribution >= 4 is 17.5 Å². The Bertz CT molecular complexity index is 1690. The van der Waals surface area contributed by atoms with Crippen molar-refractivity contribution in [2.24, 2.45) is 7.05 Å². The number of pyridine rings is 1. The Morgan fingerprint density at radius 3 is 2.58 bits per heavy atom. The number of halogens is 3. The van der Waals surface area contributed by atoms with Crippen LogP contribution in [-0.4, -0.2) is 42.9 Å². The van der Waals surface area contributed by atoms with Crippen LogP contribution in [-0.2, 0) is 19.8 Å². The number of nitrogens with one attached hydrogen (secondary N) is 1. The molecule has 4 aromatic rings. The maximum atomic E-state index is 13.7. The van der Waals surface area contributed by atoms with Crippen molar-refractivity contribution in [2.45, 2.75) is 37.7 Å². The molecule has 9 nitrogen and oxygen atoms in total. The van der Waals surface area contributed by atoms with Gasteiger partial charge in [0.15, 0.2) is 5.82 Å². The van der Waals surface area contributed by atoms with E-state index in [2.05, 4.69) is 26.6 Å². The number of aliphatic hydroxyl groups is 1.